The maximum Gasteiger partial charge on any atom is 0.256 e. The number of nitrogens with two attached hydrogens (primary N) is 1. The van der Waals surface area contributed by atoms with Gasteiger partial charge >= 0.3 is 0 Å². The van der Waals surface area contributed by atoms with Gasteiger partial charge in [-0.1, -0.05) is 18.2 Å². The van der Waals surface area contributed by atoms with Crippen LogP contribution in [0.4, 0.5) is 0 Å². The molecular formula is C12H14N2O2. The van der Waals surface area contributed by atoms with Crippen molar-refractivity contribution in [1.82, 2.24) is 4.57 Å². The van der Waals surface area contributed by atoms with Gasteiger partial charge in [0.15, 0.2) is 0 Å². The molecule has 16 heavy (non-hydrogen) atoms. The van der Waals surface area contributed by atoms with E-state index in [0.29, 0.717) is 5.56 Å². The summed E-state index contributed by atoms with van der Waals surface area (Å²) < 4.78 is 1.53. The lowest BCUT2D eigenvalue weighted by Gasteiger charge is -2.11. The molecule has 1 atom stereocenters. The summed E-state index contributed by atoms with van der Waals surface area (Å²) in [6.07, 6.45) is -0.900. The molecule has 0 radical (unpaired) electrons. The second kappa shape index (κ2) is 4.08. The quantitative estimate of drug-likeness (QED) is 0.772. The van der Waals surface area contributed by atoms with Gasteiger partial charge in [-0.25, -0.2) is 0 Å². The highest BCUT2D eigenvalue weighted by Crippen LogP contribution is 2.15. The number of aliphatic hydroxyl groups is 1. The van der Waals surface area contributed by atoms with Gasteiger partial charge < -0.3 is 15.4 Å². The van der Waals surface area contributed by atoms with Crippen molar-refractivity contribution in [3.63, 3.8) is 0 Å². The lowest BCUT2D eigenvalue weighted by Crippen LogP contribution is -2.26. The number of aryl methyl sites for hydroxylation is 1. The van der Waals surface area contributed by atoms with E-state index in [-0.39, 0.29) is 12.1 Å². The number of pyridine rings is 1. The van der Waals surface area contributed by atoms with Crippen molar-refractivity contribution in [3.8, 4) is 0 Å². The first-order valence-electron chi connectivity index (χ1n) is 5.12. The molecule has 0 bridgehead atoms. The van der Waals surface area contributed by atoms with Gasteiger partial charge in [0.1, 0.15) is 0 Å². The molecule has 2 rings (SSSR count). The van der Waals surface area contributed by atoms with Crippen molar-refractivity contribution in [2.75, 3.05) is 6.54 Å². The number of aliphatic hydroxyl groups excluding tert-OH is 1. The lowest BCUT2D eigenvalue weighted by atomic mass is 10.1. The van der Waals surface area contributed by atoms with Crippen LogP contribution in [-0.4, -0.2) is 16.2 Å². The fourth-order valence-electron chi connectivity index (χ4n) is 1.81. The monoisotopic (exact) mass is 218 g/mol. The molecule has 0 spiro atoms. The van der Waals surface area contributed by atoms with Gasteiger partial charge in [-0.05, 0) is 17.5 Å². The van der Waals surface area contributed by atoms with Crippen molar-refractivity contribution >= 4 is 10.9 Å². The number of rotatable bonds is 2. The molecule has 2 aromatic rings. The number of hydrogen-bond acceptors (Lipinski definition) is 3. The molecule has 0 aliphatic carbocycles. The van der Waals surface area contributed by atoms with Gasteiger partial charge in [0.25, 0.3) is 5.56 Å². The highest BCUT2D eigenvalue weighted by Gasteiger charge is 2.12. The van der Waals surface area contributed by atoms with Crippen LogP contribution in [0.2, 0.25) is 0 Å². The molecule has 84 valence electrons. The zero-order valence-corrected chi connectivity index (χ0v) is 9.05. The molecule has 1 aromatic heterocycles. The molecule has 0 fully saturated rings. The zero-order valence-electron chi connectivity index (χ0n) is 9.05. The molecule has 0 saturated carbocycles. The van der Waals surface area contributed by atoms with Crippen LogP contribution in [0, 0.1) is 0 Å². The Morgan fingerprint density at radius 1 is 1.44 bits per heavy atom. The Hall–Kier alpha value is -1.65. The third-order valence-corrected chi connectivity index (χ3v) is 2.74. The average Bonchev–Trinajstić information content (AvgIpc) is 2.33. The van der Waals surface area contributed by atoms with E-state index in [9.17, 15) is 9.90 Å². The van der Waals surface area contributed by atoms with E-state index in [1.807, 2.05) is 24.3 Å². The first-order chi connectivity index (χ1) is 7.65. The van der Waals surface area contributed by atoms with Gasteiger partial charge in [0, 0.05) is 19.2 Å². The zero-order chi connectivity index (χ0) is 11.7. The van der Waals surface area contributed by atoms with Crippen molar-refractivity contribution < 1.29 is 5.11 Å². The molecule has 1 heterocycles. The van der Waals surface area contributed by atoms with Gasteiger partial charge in [-0.15, -0.1) is 0 Å². The first-order valence-corrected chi connectivity index (χ1v) is 5.12. The molecule has 1 aromatic carbocycles. The van der Waals surface area contributed by atoms with Gasteiger partial charge in [0.05, 0.1) is 11.6 Å². The minimum Gasteiger partial charge on any atom is -0.387 e. The average molecular weight is 218 g/mol. The second-order valence-electron chi connectivity index (χ2n) is 3.77. The maximum atomic E-state index is 11.9. The number of aromatic nitrogens is 1. The van der Waals surface area contributed by atoms with E-state index >= 15 is 0 Å². The number of hydrogen-bond donors (Lipinski definition) is 2. The molecule has 4 heteroatoms. The Morgan fingerprint density at radius 3 is 2.81 bits per heavy atom. The molecule has 1 unspecified atom stereocenters. The third-order valence-electron chi connectivity index (χ3n) is 2.74. The third kappa shape index (κ3) is 1.62. The van der Waals surface area contributed by atoms with E-state index < -0.39 is 6.10 Å². The smallest absolute Gasteiger partial charge is 0.256 e. The Balaban J connectivity index is 2.79. The van der Waals surface area contributed by atoms with Crippen molar-refractivity contribution in [2.45, 2.75) is 6.10 Å². The van der Waals surface area contributed by atoms with Crippen LogP contribution in [0.15, 0.2) is 35.1 Å². The first kappa shape index (κ1) is 10.9. The van der Waals surface area contributed by atoms with Crippen LogP contribution in [-0.2, 0) is 7.05 Å². The van der Waals surface area contributed by atoms with Crippen molar-refractivity contribution in [3.05, 3.63) is 46.2 Å². The Morgan fingerprint density at radius 2 is 2.12 bits per heavy atom. The fourth-order valence-corrected chi connectivity index (χ4v) is 1.81. The molecule has 0 amide bonds. The van der Waals surface area contributed by atoms with E-state index in [2.05, 4.69) is 0 Å². The highest BCUT2D eigenvalue weighted by molar-refractivity contribution is 5.79. The molecule has 0 aliphatic heterocycles. The lowest BCUT2D eigenvalue weighted by molar-refractivity contribution is 0.185. The van der Waals surface area contributed by atoms with E-state index in [1.54, 1.807) is 13.1 Å². The Kier molecular flexibility index (Phi) is 2.77. The summed E-state index contributed by atoms with van der Waals surface area (Å²) in [5.41, 5.74) is 6.37. The summed E-state index contributed by atoms with van der Waals surface area (Å²) in [7, 11) is 1.69. The number of benzene rings is 1. The molecule has 3 N–H and O–H groups in total. The standard InChI is InChI=1S/C12H14N2O2/c1-14-10-5-3-2-4-8(10)6-9(12(14)16)11(15)7-13/h2-6,11,15H,7,13H2,1H3. The van der Waals surface area contributed by atoms with Crippen LogP contribution in [0.3, 0.4) is 0 Å². The Labute approximate surface area is 92.9 Å². The minimum atomic E-state index is -0.900. The predicted octanol–water partition coefficient (Wildman–Crippen LogP) is 0.531. The van der Waals surface area contributed by atoms with Crippen LogP contribution in [0.1, 0.15) is 11.7 Å². The van der Waals surface area contributed by atoms with Crippen LogP contribution in [0.25, 0.3) is 10.9 Å². The normalized spacial score (nSPS) is 12.9. The van der Waals surface area contributed by atoms with Crippen LogP contribution < -0.4 is 11.3 Å². The molecule has 0 saturated heterocycles. The largest absolute Gasteiger partial charge is 0.387 e. The van der Waals surface area contributed by atoms with E-state index in [0.717, 1.165) is 10.9 Å². The van der Waals surface area contributed by atoms with Gasteiger partial charge in [-0.2, -0.15) is 0 Å². The molecule has 4 nitrogen and oxygen atoms in total. The number of fused-ring (bicyclic) bond motifs is 1. The van der Waals surface area contributed by atoms with Gasteiger partial charge in [-0.3, -0.25) is 4.79 Å². The second-order valence-corrected chi connectivity index (χ2v) is 3.77. The summed E-state index contributed by atoms with van der Waals surface area (Å²) in [5.74, 6) is 0. The highest BCUT2D eigenvalue weighted by atomic mass is 16.3. The summed E-state index contributed by atoms with van der Waals surface area (Å²) in [6, 6.07) is 9.25. The van der Waals surface area contributed by atoms with Crippen LogP contribution in [0.5, 0.6) is 0 Å². The number of nitrogens with zero attached hydrogens (tertiary/aromatic N) is 1. The fraction of sp³-hybridized carbons (Fsp3) is 0.250. The SMILES string of the molecule is Cn1c(=O)c(C(O)CN)cc2ccccc21. The van der Waals surface area contributed by atoms with Crippen molar-refractivity contribution in [2.24, 2.45) is 12.8 Å². The predicted molar refractivity (Wildman–Crippen MR) is 63.2 cm³/mol. The number of para-hydroxylation sites is 1. The summed E-state index contributed by atoms with van der Waals surface area (Å²) in [5, 5.41) is 10.6. The summed E-state index contributed by atoms with van der Waals surface area (Å²) >= 11 is 0. The molecule has 0 aliphatic rings. The molecular weight excluding hydrogens is 204 g/mol. The van der Waals surface area contributed by atoms with E-state index in [4.69, 9.17) is 5.73 Å². The van der Waals surface area contributed by atoms with Gasteiger partial charge in [0.2, 0.25) is 0 Å². The Bertz CT molecular complexity index is 575. The van der Waals surface area contributed by atoms with Crippen LogP contribution >= 0.6 is 0 Å². The summed E-state index contributed by atoms with van der Waals surface area (Å²) in [4.78, 5) is 11.9. The maximum absolute atomic E-state index is 11.9. The van der Waals surface area contributed by atoms with Crippen molar-refractivity contribution in [1.29, 1.82) is 0 Å². The summed E-state index contributed by atoms with van der Waals surface area (Å²) in [6.45, 7) is 0.0492. The minimum absolute atomic E-state index is 0.0492. The topological polar surface area (TPSA) is 68.2 Å². The van der Waals surface area contributed by atoms with E-state index in [1.165, 1.54) is 4.57 Å².